The number of hydrogen-bond donors (Lipinski definition) is 0. The topological polar surface area (TPSA) is 53.2 Å². The number of thiophene rings is 1. The van der Waals surface area contributed by atoms with E-state index in [0.29, 0.717) is 34.8 Å². The van der Waals surface area contributed by atoms with E-state index in [-0.39, 0.29) is 11.2 Å². The molecule has 0 atom stereocenters. The normalized spacial score (nSPS) is 11.3. The Morgan fingerprint density at radius 1 is 0.938 bits per heavy atom. The van der Waals surface area contributed by atoms with Crippen LogP contribution in [0.5, 0.6) is 5.75 Å². The summed E-state index contributed by atoms with van der Waals surface area (Å²) in [4.78, 5) is 27.3. The van der Waals surface area contributed by atoms with E-state index >= 15 is 0 Å². The van der Waals surface area contributed by atoms with E-state index in [1.54, 1.807) is 28.8 Å². The maximum absolute atomic E-state index is 13.7. The van der Waals surface area contributed by atoms with Crippen molar-refractivity contribution in [2.45, 2.75) is 20.4 Å². The van der Waals surface area contributed by atoms with Crippen molar-refractivity contribution in [3.63, 3.8) is 0 Å². The molecule has 6 heteroatoms. The van der Waals surface area contributed by atoms with Crippen molar-refractivity contribution in [1.29, 1.82) is 0 Å². The molecule has 3 aromatic carbocycles. The van der Waals surface area contributed by atoms with Gasteiger partial charge in [0.1, 0.15) is 10.4 Å². The summed E-state index contributed by atoms with van der Waals surface area (Å²) in [6.07, 6.45) is 0. The number of benzene rings is 3. The summed E-state index contributed by atoms with van der Waals surface area (Å²) < 4.78 is 10.1. The second kappa shape index (κ2) is 8.13. The third-order valence-electron chi connectivity index (χ3n) is 5.49. The van der Waals surface area contributed by atoms with Crippen LogP contribution in [0, 0.1) is 6.92 Å². The molecule has 5 nitrogen and oxygen atoms in total. The van der Waals surface area contributed by atoms with E-state index in [2.05, 4.69) is 6.07 Å². The molecule has 0 amide bonds. The third-order valence-corrected chi connectivity index (χ3v) is 6.64. The summed E-state index contributed by atoms with van der Waals surface area (Å²) in [5, 5.41) is 0.924. The molecule has 0 aliphatic rings. The maximum atomic E-state index is 13.7. The minimum absolute atomic E-state index is 0.296. The minimum Gasteiger partial charge on any atom is -0.494 e. The molecule has 0 aliphatic heterocycles. The van der Waals surface area contributed by atoms with E-state index in [1.807, 2.05) is 56.3 Å². The van der Waals surface area contributed by atoms with Gasteiger partial charge in [0, 0.05) is 10.1 Å². The number of nitrogens with zero attached hydrogens (tertiary/aromatic N) is 2. The van der Waals surface area contributed by atoms with Crippen LogP contribution in [0.3, 0.4) is 0 Å². The summed E-state index contributed by atoms with van der Waals surface area (Å²) in [5.74, 6) is 0.701. The lowest BCUT2D eigenvalue weighted by atomic mass is 10.1. The highest BCUT2D eigenvalue weighted by molar-refractivity contribution is 7.25. The number of rotatable bonds is 5. The fraction of sp³-hybridized carbons (Fsp3) is 0.154. The van der Waals surface area contributed by atoms with Crippen LogP contribution in [0.15, 0.2) is 82.4 Å². The van der Waals surface area contributed by atoms with E-state index in [0.717, 1.165) is 21.2 Å². The van der Waals surface area contributed by atoms with Crippen LogP contribution in [-0.2, 0) is 6.54 Å². The molecule has 0 saturated carbocycles. The van der Waals surface area contributed by atoms with Crippen LogP contribution in [0.4, 0.5) is 0 Å². The van der Waals surface area contributed by atoms with Crippen molar-refractivity contribution in [3.05, 3.63) is 105 Å². The second-order valence-corrected chi connectivity index (χ2v) is 8.75. The molecular formula is C26H22N2O3S. The molecule has 2 aromatic heterocycles. The van der Waals surface area contributed by atoms with E-state index in [9.17, 15) is 9.59 Å². The van der Waals surface area contributed by atoms with Crippen LogP contribution in [0.1, 0.15) is 18.1 Å². The van der Waals surface area contributed by atoms with Gasteiger partial charge in [0.25, 0.3) is 5.56 Å². The number of hydrogen-bond acceptors (Lipinski definition) is 4. The summed E-state index contributed by atoms with van der Waals surface area (Å²) >= 11 is 1.43. The van der Waals surface area contributed by atoms with Gasteiger partial charge in [-0.15, -0.1) is 11.3 Å². The molecule has 0 N–H and O–H groups in total. The summed E-state index contributed by atoms with van der Waals surface area (Å²) in [6, 6.07) is 23.0. The first-order valence-corrected chi connectivity index (χ1v) is 11.3. The second-order valence-electron chi connectivity index (χ2n) is 7.70. The van der Waals surface area contributed by atoms with Crippen LogP contribution in [0.25, 0.3) is 26.0 Å². The zero-order valence-electron chi connectivity index (χ0n) is 17.9. The van der Waals surface area contributed by atoms with Crippen LogP contribution < -0.4 is 16.0 Å². The first-order valence-electron chi connectivity index (χ1n) is 10.5. The lowest BCUT2D eigenvalue weighted by Crippen LogP contribution is -2.38. The number of fused-ring (bicyclic) bond motifs is 3. The average molecular weight is 443 g/mol. The minimum atomic E-state index is -0.350. The van der Waals surface area contributed by atoms with Gasteiger partial charge in [-0.2, -0.15) is 0 Å². The summed E-state index contributed by atoms with van der Waals surface area (Å²) in [6.45, 7) is 4.88. The highest BCUT2D eigenvalue weighted by Crippen LogP contribution is 2.31. The molecule has 5 aromatic rings. The van der Waals surface area contributed by atoms with Gasteiger partial charge in [-0.3, -0.25) is 9.36 Å². The first kappa shape index (κ1) is 20.3. The van der Waals surface area contributed by atoms with Gasteiger partial charge in [-0.25, -0.2) is 9.36 Å². The standard InChI is InChI=1S/C26H22N2O3S/c1-3-31-20-13-11-19(12-14-20)28-25(29)24-23(21-9-4-5-10-22(21)32-24)27(26(28)30)16-18-8-6-7-17(2)15-18/h4-15H,3,16H2,1-2H3. The van der Waals surface area contributed by atoms with Crippen molar-refractivity contribution in [1.82, 2.24) is 9.13 Å². The van der Waals surface area contributed by atoms with Gasteiger partial charge in [-0.1, -0.05) is 48.0 Å². The zero-order valence-corrected chi connectivity index (χ0v) is 18.7. The SMILES string of the molecule is CCOc1ccc(-n2c(=O)c3sc4ccccc4c3n(Cc3cccc(C)c3)c2=O)cc1. The summed E-state index contributed by atoms with van der Waals surface area (Å²) in [7, 11) is 0. The molecule has 5 rings (SSSR count). The number of ether oxygens (including phenoxy) is 1. The van der Waals surface area contributed by atoms with Crippen molar-refractivity contribution in [3.8, 4) is 11.4 Å². The molecule has 160 valence electrons. The van der Waals surface area contributed by atoms with Gasteiger partial charge in [0.15, 0.2) is 0 Å². The van der Waals surface area contributed by atoms with Gasteiger partial charge >= 0.3 is 5.69 Å². The smallest absolute Gasteiger partial charge is 0.336 e. The van der Waals surface area contributed by atoms with Crippen LogP contribution in [0.2, 0.25) is 0 Å². The quantitative estimate of drug-likeness (QED) is 0.380. The Morgan fingerprint density at radius 2 is 1.72 bits per heavy atom. The number of aryl methyl sites for hydroxylation is 1. The van der Waals surface area contributed by atoms with Gasteiger partial charge in [-0.05, 0) is 49.7 Å². The monoisotopic (exact) mass is 442 g/mol. The Kier molecular flexibility index (Phi) is 5.15. The largest absolute Gasteiger partial charge is 0.494 e. The fourth-order valence-corrected chi connectivity index (χ4v) is 5.21. The molecule has 0 saturated heterocycles. The van der Waals surface area contributed by atoms with Gasteiger partial charge < -0.3 is 4.74 Å². The van der Waals surface area contributed by atoms with Crippen LogP contribution in [-0.4, -0.2) is 15.7 Å². The highest BCUT2D eigenvalue weighted by Gasteiger charge is 2.19. The first-order chi connectivity index (χ1) is 15.6. The van der Waals surface area contributed by atoms with Gasteiger partial charge in [0.05, 0.1) is 24.4 Å². The van der Waals surface area contributed by atoms with E-state index in [4.69, 9.17) is 4.74 Å². The molecule has 0 aliphatic carbocycles. The van der Waals surface area contributed by atoms with Crippen LogP contribution >= 0.6 is 11.3 Å². The van der Waals surface area contributed by atoms with Crippen molar-refractivity contribution in [2.24, 2.45) is 0 Å². The molecule has 0 radical (unpaired) electrons. The molecule has 32 heavy (non-hydrogen) atoms. The molecule has 0 spiro atoms. The van der Waals surface area contributed by atoms with Crippen molar-refractivity contribution >= 4 is 31.6 Å². The average Bonchev–Trinajstić information content (AvgIpc) is 3.18. The third kappa shape index (κ3) is 3.42. The maximum Gasteiger partial charge on any atom is 0.336 e. The predicted octanol–water partition coefficient (Wildman–Crippen LogP) is 5.12. The Balaban J connectivity index is 1.81. The molecule has 2 heterocycles. The molecular weight excluding hydrogens is 420 g/mol. The molecule has 0 fully saturated rings. The lowest BCUT2D eigenvalue weighted by Gasteiger charge is -2.14. The van der Waals surface area contributed by atoms with Crippen molar-refractivity contribution in [2.75, 3.05) is 6.61 Å². The Bertz CT molecular complexity index is 1560. The molecule has 0 unspecified atom stereocenters. The van der Waals surface area contributed by atoms with E-state index < -0.39 is 0 Å². The van der Waals surface area contributed by atoms with Gasteiger partial charge in [0.2, 0.25) is 0 Å². The Morgan fingerprint density at radius 3 is 2.47 bits per heavy atom. The number of aromatic nitrogens is 2. The Hall–Kier alpha value is -3.64. The fourth-order valence-electron chi connectivity index (χ4n) is 4.08. The predicted molar refractivity (Wildman–Crippen MR) is 131 cm³/mol. The Labute approximate surface area is 188 Å². The summed E-state index contributed by atoms with van der Waals surface area (Å²) in [5.41, 5.74) is 2.72. The zero-order chi connectivity index (χ0) is 22.2. The lowest BCUT2D eigenvalue weighted by molar-refractivity contribution is 0.340. The van der Waals surface area contributed by atoms with Crippen molar-refractivity contribution < 1.29 is 4.74 Å². The molecule has 0 bridgehead atoms. The van der Waals surface area contributed by atoms with E-state index in [1.165, 1.54) is 15.9 Å². The highest BCUT2D eigenvalue weighted by atomic mass is 32.1.